The summed E-state index contributed by atoms with van der Waals surface area (Å²) in [6.07, 6.45) is 3.21. The molecule has 1 aromatic heterocycles. The van der Waals surface area contributed by atoms with Crippen LogP contribution in [0.1, 0.15) is 11.1 Å². The first-order chi connectivity index (χ1) is 11.5. The van der Waals surface area contributed by atoms with E-state index in [4.69, 9.17) is 9.47 Å². The van der Waals surface area contributed by atoms with E-state index in [2.05, 4.69) is 10.3 Å². The molecule has 7 nitrogen and oxygen atoms in total. The van der Waals surface area contributed by atoms with E-state index in [0.29, 0.717) is 30.2 Å². The fourth-order valence-electron chi connectivity index (χ4n) is 2.27. The van der Waals surface area contributed by atoms with E-state index in [9.17, 15) is 9.59 Å². The molecule has 0 radical (unpaired) electrons. The lowest BCUT2D eigenvalue weighted by molar-refractivity contribution is -0.120. The first-order valence-corrected chi connectivity index (χ1v) is 7.53. The van der Waals surface area contributed by atoms with Crippen LogP contribution in [0.2, 0.25) is 0 Å². The standard InChI is InChI=1S/C17H21N3O4/c1-12-10-18-11-20(17(12)22)7-6-19-16(21)9-13-4-5-14(23-2)15(8-13)24-3/h4-5,8,10-11H,6-7,9H2,1-3H3,(H,19,21). The average Bonchev–Trinajstić information content (AvgIpc) is 2.58. The largest absolute Gasteiger partial charge is 0.493 e. The van der Waals surface area contributed by atoms with Crippen molar-refractivity contribution < 1.29 is 14.3 Å². The lowest BCUT2D eigenvalue weighted by Crippen LogP contribution is -2.32. The van der Waals surface area contributed by atoms with Crippen LogP contribution in [0.15, 0.2) is 35.5 Å². The van der Waals surface area contributed by atoms with E-state index in [1.165, 1.54) is 17.1 Å². The van der Waals surface area contributed by atoms with Gasteiger partial charge < -0.3 is 14.8 Å². The predicted molar refractivity (Wildman–Crippen MR) is 89.5 cm³/mol. The highest BCUT2D eigenvalue weighted by Gasteiger charge is 2.08. The van der Waals surface area contributed by atoms with Crippen LogP contribution in [-0.2, 0) is 17.8 Å². The summed E-state index contributed by atoms with van der Waals surface area (Å²) in [5.41, 5.74) is 1.30. The Kier molecular flexibility index (Phi) is 5.95. The van der Waals surface area contributed by atoms with E-state index < -0.39 is 0 Å². The highest BCUT2D eigenvalue weighted by molar-refractivity contribution is 5.78. The molecule has 7 heteroatoms. The Balaban J connectivity index is 1.89. The number of aromatic nitrogens is 2. The summed E-state index contributed by atoms with van der Waals surface area (Å²) in [5.74, 6) is 1.07. The highest BCUT2D eigenvalue weighted by atomic mass is 16.5. The summed E-state index contributed by atoms with van der Waals surface area (Å²) in [6, 6.07) is 5.35. The number of benzene rings is 1. The molecule has 2 aromatic rings. The maximum atomic E-state index is 12.0. The van der Waals surface area contributed by atoms with Crippen molar-refractivity contribution in [2.75, 3.05) is 20.8 Å². The van der Waals surface area contributed by atoms with Crippen LogP contribution in [0.25, 0.3) is 0 Å². The minimum absolute atomic E-state index is 0.0980. The minimum Gasteiger partial charge on any atom is -0.493 e. The van der Waals surface area contributed by atoms with E-state index in [1.54, 1.807) is 33.3 Å². The van der Waals surface area contributed by atoms with E-state index in [0.717, 1.165) is 5.56 Å². The average molecular weight is 331 g/mol. The molecule has 0 saturated heterocycles. The van der Waals surface area contributed by atoms with Gasteiger partial charge in [-0.25, -0.2) is 4.98 Å². The molecule has 0 unspecified atom stereocenters. The van der Waals surface area contributed by atoms with Crippen molar-refractivity contribution in [1.29, 1.82) is 0 Å². The molecule has 0 aliphatic heterocycles. The molecule has 1 heterocycles. The second kappa shape index (κ2) is 8.14. The van der Waals surface area contributed by atoms with E-state index in [-0.39, 0.29) is 17.9 Å². The van der Waals surface area contributed by atoms with Gasteiger partial charge in [0.2, 0.25) is 5.91 Å². The topological polar surface area (TPSA) is 82.5 Å². The minimum atomic E-state index is -0.129. The lowest BCUT2D eigenvalue weighted by Gasteiger charge is -2.10. The Morgan fingerprint density at radius 1 is 1.25 bits per heavy atom. The van der Waals surface area contributed by atoms with Gasteiger partial charge in [0.15, 0.2) is 11.5 Å². The molecule has 0 saturated carbocycles. The molecule has 128 valence electrons. The molecular weight excluding hydrogens is 310 g/mol. The molecule has 24 heavy (non-hydrogen) atoms. The SMILES string of the molecule is COc1ccc(CC(=O)NCCn2cncc(C)c2=O)cc1OC. The van der Waals surface area contributed by atoms with Crippen molar-refractivity contribution in [3.8, 4) is 11.5 Å². The summed E-state index contributed by atoms with van der Waals surface area (Å²) in [5, 5.41) is 2.79. The monoisotopic (exact) mass is 331 g/mol. The van der Waals surface area contributed by atoms with Gasteiger partial charge in [-0.1, -0.05) is 6.07 Å². The fraction of sp³-hybridized carbons (Fsp3) is 0.353. The molecule has 0 aliphatic rings. The van der Waals surface area contributed by atoms with E-state index in [1.807, 2.05) is 6.07 Å². The van der Waals surface area contributed by atoms with Gasteiger partial charge in [-0.05, 0) is 24.6 Å². The van der Waals surface area contributed by atoms with Crippen molar-refractivity contribution in [2.24, 2.45) is 0 Å². The van der Waals surface area contributed by atoms with Gasteiger partial charge in [-0.3, -0.25) is 14.2 Å². The Labute approximate surface area is 140 Å². The van der Waals surface area contributed by atoms with Crippen LogP contribution in [0.5, 0.6) is 11.5 Å². The van der Waals surface area contributed by atoms with Gasteiger partial charge in [0.1, 0.15) is 0 Å². The molecule has 0 aliphatic carbocycles. The zero-order valence-corrected chi connectivity index (χ0v) is 14.0. The summed E-state index contributed by atoms with van der Waals surface area (Å²) < 4.78 is 11.9. The van der Waals surface area contributed by atoms with Crippen molar-refractivity contribution in [1.82, 2.24) is 14.9 Å². The van der Waals surface area contributed by atoms with Gasteiger partial charge in [0, 0.05) is 24.8 Å². The summed E-state index contributed by atoms with van der Waals surface area (Å²) >= 11 is 0. The third kappa shape index (κ3) is 4.34. The van der Waals surface area contributed by atoms with Crippen LogP contribution in [0, 0.1) is 6.92 Å². The highest BCUT2D eigenvalue weighted by Crippen LogP contribution is 2.27. The first kappa shape index (κ1) is 17.5. The second-order valence-corrected chi connectivity index (χ2v) is 5.29. The summed E-state index contributed by atoms with van der Waals surface area (Å²) in [6.45, 7) is 2.45. The van der Waals surface area contributed by atoms with Crippen LogP contribution >= 0.6 is 0 Å². The predicted octanol–water partition coefficient (Wildman–Crippen LogP) is 0.928. The van der Waals surface area contributed by atoms with Crippen LogP contribution in [0.3, 0.4) is 0 Å². The molecule has 0 atom stereocenters. The van der Waals surface area contributed by atoms with Crippen molar-refractivity contribution >= 4 is 5.91 Å². The van der Waals surface area contributed by atoms with Crippen LogP contribution in [-0.4, -0.2) is 36.2 Å². The molecule has 1 amide bonds. The number of rotatable bonds is 7. The molecule has 0 bridgehead atoms. The normalized spacial score (nSPS) is 10.3. The third-order valence-electron chi connectivity index (χ3n) is 3.56. The molecule has 2 rings (SSSR count). The van der Waals surface area contributed by atoms with Gasteiger partial charge in [-0.15, -0.1) is 0 Å². The number of hydrogen-bond acceptors (Lipinski definition) is 5. The Morgan fingerprint density at radius 2 is 2.00 bits per heavy atom. The van der Waals surface area contributed by atoms with Crippen LogP contribution < -0.4 is 20.3 Å². The quantitative estimate of drug-likeness (QED) is 0.816. The third-order valence-corrected chi connectivity index (χ3v) is 3.56. The maximum Gasteiger partial charge on any atom is 0.256 e. The van der Waals surface area contributed by atoms with E-state index >= 15 is 0 Å². The molecule has 0 spiro atoms. The molecular formula is C17H21N3O4. The zero-order valence-electron chi connectivity index (χ0n) is 14.0. The van der Waals surface area contributed by atoms with Gasteiger partial charge in [0.25, 0.3) is 5.56 Å². The lowest BCUT2D eigenvalue weighted by atomic mass is 10.1. The number of carbonyl (C=O) groups is 1. The Morgan fingerprint density at radius 3 is 2.71 bits per heavy atom. The van der Waals surface area contributed by atoms with Crippen molar-refractivity contribution in [3.05, 3.63) is 52.2 Å². The number of carbonyl (C=O) groups excluding carboxylic acids is 1. The first-order valence-electron chi connectivity index (χ1n) is 7.53. The number of nitrogens with zero attached hydrogens (tertiary/aromatic N) is 2. The number of amides is 1. The number of ether oxygens (including phenoxy) is 2. The van der Waals surface area contributed by atoms with Crippen molar-refractivity contribution in [2.45, 2.75) is 19.9 Å². The van der Waals surface area contributed by atoms with Gasteiger partial charge in [0.05, 0.1) is 27.0 Å². The maximum absolute atomic E-state index is 12.0. The second-order valence-electron chi connectivity index (χ2n) is 5.29. The fourth-order valence-corrected chi connectivity index (χ4v) is 2.27. The summed E-state index contributed by atoms with van der Waals surface area (Å²) in [4.78, 5) is 27.8. The zero-order chi connectivity index (χ0) is 17.5. The van der Waals surface area contributed by atoms with Crippen molar-refractivity contribution in [3.63, 3.8) is 0 Å². The van der Waals surface area contributed by atoms with Gasteiger partial charge >= 0.3 is 0 Å². The number of nitrogens with one attached hydrogen (secondary N) is 1. The molecule has 1 aromatic carbocycles. The Hall–Kier alpha value is -2.83. The number of aryl methyl sites for hydroxylation is 1. The Bertz CT molecular complexity index is 771. The smallest absolute Gasteiger partial charge is 0.256 e. The number of hydrogen-bond donors (Lipinski definition) is 1. The van der Waals surface area contributed by atoms with Gasteiger partial charge in [-0.2, -0.15) is 0 Å². The van der Waals surface area contributed by atoms with Crippen LogP contribution in [0.4, 0.5) is 0 Å². The summed E-state index contributed by atoms with van der Waals surface area (Å²) in [7, 11) is 3.11. The molecule has 0 fully saturated rings. The molecule has 1 N–H and O–H groups in total. The number of methoxy groups -OCH3 is 2.